The monoisotopic (exact) mass is 184 g/mol. The van der Waals surface area contributed by atoms with E-state index in [1.165, 1.54) is 32.1 Å². The Morgan fingerprint density at radius 1 is 1.15 bits per heavy atom. The summed E-state index contributed by atoms with van der Waals surface area (Å²) < 4.78 is 5.15. The molecule has 0 saturated carbocycles. The first-order valence-electron chi connectivity index (χ1n) is 5.44. The fourth-order valence-corrected chi connectivity index (χ4v) is 1.68. The third-order valence-corrected chi connectivity index (χ3v) is 2.61. The van der Waals surface area contributed by atoms with E-state index in [1.54, 1.807) is 0 Å². The van der Waals surface area contributed by atoms with Gasteiger partial charge in [-0.2, -0.15) is 0 Å². The Morgan fingerprint density at radius 3 is 2.69 bits per heavy atom. The van der Waals surface area contributed by atoms with Gasteiger partial charge < -0.3 is 4.74 Å². The predicted octanol–water partition coefficient (Wildman–Crippen LogP) is 2.91. The van der Waals surface area contributed by atoms with Crippen LogP contribution in [0.5, 0.6) is 0 Å². The minimum absolute atomic E-state index is 0.00579. The quantitative estimate of drug-likeness (QED) is 0.541. The third-order valence-electron chi connectivity index (χ3n) is 2.61. The topological polar surface area (TPSA) is 26.3 Å². The second kappa shape index (κ2) is 6.01. The van der Waals surface area contributed by atoms with Gasteiger partial charge in [-0.05, 0) is 18.8 Å². The molecule has 1 fully saturated rings. The van der Waals surface area contributed by atoms with Gasteiger partial charge in [0.25, 0.3) is 0 Å². The molecule has 0 aromatic carbocycles. The van der Waals surface area contributed by atoms with Gasteiger partial charge in [0.05, 0.1) is 6.61 Å². The van der Waals surface area contributed by atoms with Crippen LogP contribution in [0.1, 0.15) is 51.9 Å². The Hall–Kier alpha value is -0.530. The van der Waals surface area contributed by atoms with Crippen molar-refractivity contribution in [1.29, 1.82) is 0 Å². The number of hydrogen-bond donors (Lipinski definition) is 0. The zero-order valence-electron chi connectivity index (χ0n) is 8.55. The summed E-state index contributed by atoms with van der Waals surface area (Å²) in [4.78, 5) is 11.1. The Kier molecular flexibility index (Phi) is 4.87. The second-order valence-corrected chi connectivity index (χ2v) is 4.09. The van der Waals surface area contributed by atoms with Crippen LogP contribution < -0.4 is 0 Å². The molecule has 1 atom stereocenters. The van der Waals surface area contributed by atoms with Crippen molar-refractivity contribution in [2.24, 2.45) is 5.92 Å². The number of hydrogen-bond acceptors (Lipinski definition) is 2. The van der Waals surface area contributed by atoms with E-state index < -0.39 is 0 Å². The summed E-state index contributed by atoms with van der Waals surface area (Å²) in [5.41, 5.74) is 0. The van der Waals surface area contributed by atoms with E-state index in [0.29, 0.717) is 18.9 Å². The maximum Gasteiger partial charge on any atom is 0.305 e. The number of esters is 1. The molecule has 0 spiro atoms. The first-order chi connectivity index (χ1) is 6.29. The van der Waals surface area contributed by atoms with Crippen LogP contribution in [-0.2, 0) is 9.53 Å². The van der Waals surface area contributed by atoms with Crippen LogP contribution in [0.4, 0.5) is 0 Å². The molecule has 0 aromatic rings. The summed E-state index contributed by atoms with van der Waals surface area (Å²) in [6.07, 6.45) is 7.90. The van der Waals surface area contributed by atoms with Crippen molar-refractivity contribution in [3.8, 4) is 0 Å². The lowest BCUT2D eigenvalue weighted by molar-refractivity contribution is -0.145. The highest BCUT2D eigenvalue weighted by molar-refractivity contribution is 5.69. The molecule has 1 unspecified atom stereocenters. The summed E-state index contributed by atoms with van der Waals surface area (Å²) in [7, 11) is 0. The highest BCUT2D eigenvalue weighted by Crippen LogP contribution is 2.14. The van der Waals surface area contributed by atoms with Gasteiger partial charge >= 0.3 is 5.97 Å². The smallest absolute Gasteiger partial charge is 0.305 e. The Balaban J connectivity index is 2.28. The number of carbonyl (C=O) groups excluding carboxylic acids is 1. The molecule has 0 aromatic heterocycles. The van der Waals surface area contributed by atoms with Crippen molar-refractivity contribution in [2.75, 3.05) is 6.61 Å². The second-order valence-electron chi connectivity index (χ2n) is 4.09. The van der Waals surface area contributed by atoms with Gasteiger partial charge in [-0.15, -0.1) is 0 Å². The van der Waals surface area contributed by atoms with Crippen molar-refractivity contribution in [3.63, 3.8) is 0 Å². The van der Waals surface area contributed by atoms with Crippen LogP contribution in [0, 0.1) is 5.92 Å². The van der Waals surface area contributed by atoms with Gasteiger partial charge in [-0.3, -0.25) is 4.79 Å². The van der Waals surface area contributed by atoms with Gasteiger partial charge in [0.1, 0.15) is 0 Å². The van der Waals surface area contributed by atoms with Crippen molar-refractivity contribution < 1.29 is 9.53 Å². The third kappa shape index (κ3) is 4.91. The maximum atomic E-state index is 11.1. The van der Waals surface area contributed by atoms with Gasteiger partial charge in [0.15, 0.2) is 0 Å². The molecule has 0 N–H and O–H groups in total. The number of rotatable bonds is 0. The molecule has 76 valence electrons. The molecule has 1 aliphatic heterocycles. The van der Waals surface area contributed by atoms with E-state index in [0.717, 1.165) is 6.42 Å². The molecule has 2 nitrogen and oxygen atoms in total. The molecule has 0 bridgehead atoms. The molecule has 13 heavy (non-hydrogen) atoms. The number of cyclic esters (lactones) is 1. The molecule has 0 aliphatic carbocycles. The van der Waals surface area contributed by atoms with E-state index in [9.17, 15) is 4.79 Å². The first-order valence-corrected chi connectivity index (χ1v) is 5.44. The van der Waals surface area contributed by atoms with Gasteiger partial charge in [0.2, 0.25) is 0 Å². The lowest BCUT2D eigenvalue weighted by atomic mass is 10.0. The van der Waals surface area contributed by atoms with E-state index in [2.05, 4.69) is 6.92 Å². The van der Waals surface area contributed by atoms with Crippen LogP contribution in [0.3, 0.4) is 0 Å². The minimum Gasteiger partial charge on any atom is -0.465 e. The van der Waals surface area contributed by atoms with Crippen molar-refractivity contribution in [3.05, 3.63) is 0 Å². The van der Waals surface area contributed by atoms with Crippen LogP contribution in [0.2, 0.25) is 0 Å². The van der Waals surface area contributed by atoms with E-state index in [-0.39, 0.29) is 5.97 Å². The Morgan fingerprint density at radius 2 is 1.85 bits per heavy atom. The van der Waals surface area contributed by atoms with Crippen LogP contribution in [0.25, 0.3) is 0 Å². The first kappa shape index (κ1) is 10.6. The lowest BCUT2D eigenvalue weighted by Crippen LogP contribution is -2.11. The SMILES string of the molecule is CC1CCCCCCCC(=O)OC1. The molecule has 0 radical (unpaired) electrons. The van der Waals surface area contributed by atoms with Crippen LogP contribution in [0.15, 0.2) is 0 Å². The average molecular weight is 184 g/mol. The molecule has 2 heteroatoms. The minimum atomic E-state index is -0.00579. The normalized spacial score (nSPS) is 27.5. The maximum absolute atomic E-state index is 11.1. The predicted molar refractivity (Wildman–Crippen MR) is 52.4 cm³/mol. The van der Waals surface area contributed by atoms with Crippen LogP contribution >= 0.6 is 0 Å². The molecule has 1 aliphatic rings. The highest BCUT2D eigenvalue weighted by Gasteiger charge is 2.08. The van der Waals surface area contributed by atoms with Crippen LogP contribution in [-0.4, -0.2) is 12.6 Å². The summed E-state index contributed by atoms with van der Waals surface area (Å²) in [5, 5.41) is 0. The van der Waals surface area contributed by atoms with Gasteiger partial charge in [0, 0.05) is 6.42 Å². The Labute approximate surface area is 80.7 Å². The Bertz CT molecular complexity index is 154. The number of ether oxygens (including phenoxy) is 1. The van der Waals surface area contributed by atoms with Crippen molar-refractivity contribution in [2.45, 2.75) is 51.9 Å². The van der Waals surface area contributed by atoms with E-state index in [1.807, 2.05) is 0 Å². The summed E-state index contributed by atoms with van der Waals surface area (Å²) in [5.74, 6) is 0.538. The largest absolute Gasteiger partial charge is 0.465 e. The zero-order chi connectivity index (χ0) is 9.52. The number of carbonyl (C=O) groups is 1. The summed E-state index contributed by atoms with van der Waals surface area (Å²) in [6.45, 7) is 2.78. The molecular formula is C11H20O2. The lowest BCUT2D eigenvalue weighted by Gasteiger charge is -2.10. The van der Waals surface area contributed by atoms with E-state index >= 15 is 0 Å². The molecule has 1 saturated heterocycles. The van der Waals surface area contributed by atoms with E-state index in [4.69, 9.17) is 4.74 Å². The van der Waals surface area contributed by atoms with Gasteiger partial charge in [-0.25, -0.2) is 0 Å². The van der Waals surface area contributed by atoms with Crippen molar-refractivity contribution >= 4 is 5.97 Å². The van der Waals surface area contributed by atoms with Crippen molar-refractivity contribution in [1.82, 2.24) is 0 Å². The highest BCUT2D eigenvalue weighted by atomic mass is 16.5. The molecule has 1 heterocycles. The fraction of sp³-hybridized carbons (Fsp3) is 0.909. The molecular weight excluding hydrogens is 164 g/mol. The average Bonchev–Trinajstić information content (AvgIpc) is 2.15. The molecule has 0 amide bonds. The summed E-state index contributed by atoms with van der Waals surface area (Å²) >= 11 is 0. The standard InChI is InChI=1S/C11H20O2/c1-10-7-5-3-2-4-6-8-11(12)13-9-10/h10H,2-9H2,1H3. The summed E-state index contributed by atoms with van der Waals surface area (Å²) in [6, 6.07) is 0. The molecule has 1 rings (SSSR count). The fourth-order valence-electron chi connectivity index (χ4n) is 1.68. The zero-order valence-corrected chi connectivity index (χ0v) is 8.55. The van der Waals surface area contributed by atoms with Gasteiger partial charge in [-0.1, -0.05) is 32.6 Å².